The molecule has 5 nitrogen and oxygen atoms in total. The molecule has 128 valence electrons. The Bertz CT molecular complexity index is 862. The number of nitrogens with one attached hydrogen (secondary N) is 2. The molecule has 25 heavy (non-hydrogen) atoms. The van der Waals surface area contributed by atoms with E-state index in [1.807, 2.05) is 62.4 Å². The summed E-state index contributed by atoms with van der Waals surface area (Å²) in [5.41, 5.74) is 4.06. The van der Waals surface area contributed by atoms with E-state index < -0.39 is 0 Å². The van der Waals surface area contributed by atoms with Crippen LogP contribution in [0.25, 0.3) is 0 Å². The van der Waals surface area contributed by atoms with Crippen molar-refractivity contribution in [2.75, 3.05) is 16.4 Å². The van der Waals surface area contributed by atoms with Gasteiger partial charge in [-0.2, -0.15) is 0 Å². The predicted molar refractivity (Wildman–Crippen MR) is 105 cm³/mol. The van der Waals surface area contributed by atoms with E-state index in [9.17, 15) is 4.79 Å². The Hall–Kier alpha value is -2.38. The summed E-state index contributed by atoms with van der Waals surface area (Å²) >= 11 is 2.81. The molecule has 3 aromatic rings. The summed E-state index contributed by atoms with van der Waals surface area (Å²) in [6.45, 7) is 4.02. The highest BCUT2D eigenvalue weighted by Crippen LogP contribution is 2.28. The maximum Gasteiger partial charge on any atom is 0.234 e. The zero-order valence-electron chi connectivity index (χ0n) is 13.9. The van der Waals surface area contributed by atoms with Gasteiger partial charge in [-0.05, 0) is 37.6 Å². The van der Waals surface area contributed by atoms with Crippen molar-refractivity contribution >= 4 is 45.5 Å². The van der Waals surface area contributed by atoms with Crippen LogP contribution in [0.4, 0.5) is 16.5 Å². The number of rotatable bonds is 6. The number of amides is 1. The number of thioether (sulfide) groups is 1. The topological polar surface area (TPSA) is 66.9 Å². The van der Waals surface area contributed by atoms with E-state index in [0.717, 1.165) is 21.3 Å². The summed E-state index contributed by atoms with van der Waals surface area (Å²) in [6, 6.07) is 15.8. The smallest absolute Gasteiger partial charge is 0.234 e. The van der Waals surface area contributed by atoms with E-state index >= 15 is 0 Å². The van der Waals surface area contributed by atoms with E-state index in [2.05, 4.69) is 20.8 Å². The fraction of sp³-hybridized carbons (Fsp3) is 0.167. The molecule has 1 aromatic heterocycles. The highest BCUT2D eigenvalue weighted by Gasteiger charge is 2.09. The summed E-state index contributed by atoms with van der Waals surface area (Å²) in [5, 5.41) is 15.1. The first kappa shape index (κ1) is 17.4. The number of carbonyl (C=O) groups is 1. The molecular weight excluding hydrogens is 352 g/mol. The number of aromatic nitrogens is 2. The van der Waals surface area contributed by atoms with Crippen molar-refractivity contribution < 1.29 is 4.79 Å². The van der Waals surface area contributed by atoms with E-state index in [1.54, 1.807) is 0 Å². The van der Waals surface area contributed by atoms with Gasteiger partial charge in [-0.25, -0.2) is 0 Å². The van der Waals surface area contributed by atoms with Gasteiger partial charge >= 0.3 is 0 Å². The number of anilines is 3. The number of hydrogen-bond acceptors (Lipinski definition) is 6. The first-order chi connectivity index (χ1) is 12.1. The minimum absolute atomic E-state index is 0.0532. The molecule has 0 bridgehead atoms. The number of carbonyl (C=O) groups excluding carboxylic acids is 1. The minimum Gasteiger partial charge on any atom is -0.330 e. The van der Waals surface area contributed by atoms with Crippen LogP contribution in [0.2, 0.25) is 0 Å². The van der Waals surface area contributed by atoms with Gasteiger partial charge in [0.2, 0.25) is 11.0 Å². The first-order valence-corrected chi connectivity index (χ1v) is 9.56. The first-order valence-electron chi connectivity index (χ1n) is 7.75. The van der Waals surface area contributed by atoms with Gasteiger partial charge in [0.25, 0.3) is 0 Å². The number of benzene rings is 2. The normalized spacial score (nSPS) is 10.5. The molecule has 0 aliphatic heterocycles. The van der Waals surface area contributed by atoms with Gasteiger partial charge in [0, 0.05) is 11.4 Å². The Balaban J connectivity index is 1.52. The standard InChI is InChI=1S/C18H18N4OS2/c1-12-7-9-14(10-8-12)19-17-21-22-18(25-17)24-11-16(23)20-15-6-4-3-5-13(15)2/h3-10H,11H2,1-2H3,(H,19,21)(H,20,23). The summed E-state index contributed by atoms with van der Waals surface area (Å²) in [7, 11) is 0. The summed E-state index contributed by atoms with van der Waals surface area (Å²) in [6.07, 6.45) is 0. The van der Waals surface area contributed by atoms with E-state index in [0.29, 0.717) is 10.9 Å². The van der Waals surface area contributed by atoms with Crippen LogP contribution in [0.1, 0.15) is 11.1 Å². The molecule has 0 atom stereocenters. The fourth-order valence-electron chi connectivity index (χ4n) is 2.11. The monoisotopic (exact) mass is 370 g/mol. The Morgan fingerprint density at radius 1 is 1.08 bits per heavy atom. The highest BCUT2D eigenvalue weighted by atomic mass is 32.2. The highest BCUT2D eigenvalue weighted by molar-refractivity contribution is 8.01. The van der Waals surface area contributed by atoms with Crippen molar-refractivity contribution in [1.29, 1.82) is 0 Å². The average Bonchev–Trinajstić information content (AvgIpc) is 3.05. The third-order valence-corrected chi connectivity index (χ3v) is 5.43. The zero-order chi connectivity index (χ0) is 17.6. The van der Waals surface area contributed by atoms with Crippen molar-refractivity contribution in [2.45, 2.75) is 18.2 Å². The van der Waals surface area contributed by atoms with Gasteiger partial charge in [-0.3, -0.25) is 4.79 Å². The molecule has 0 saturated heterocycles. The van der Waals surface area contributed by atoms with Gasteiger partial charge < -0.3 is 10.6 Å². The predicted octanol–water partition coefficient (Wildman–Crippen LogP) is 4.63. The Labute approximate surface area is 154 Å². The quantitative estimate of drug-likeness (QED) is 0.619. The fourth-order valence-corrected chi connectivity index (χ4v) is 3.68. The van der Waals surface area contributed by atoms with Gasteiger partial charge in [-0.1, -0.05) is 59.0 Å². The molecule has 0 unspecified atom stereocenters. The van der Waals surface area contributed by atoms with E-state index in [1.165, 1.54) is 28.7 Å². The lowest BCUT2D eigenvalue weighted by Gasteiger charge is -2.06. The van der Waals surface area contributed by atoms with Crippen LogP contribution in [0.15, 0.2) is 52.9 Å². The molecular formula is C18H18N4OS2. The van der Waals surface area contributed by atoms with Crippen molar-refractivity contribution in [3.05, 3.63) is 59.7 Å². The van der Waals surface area contributed by atoms with Crippen LogP contribution in [0.3, 0.4) is 0 Å². The largest absolute Gasteiger partial charge is 0.330 e. The second-order valence-corrected chi connectivity index (χ2v) is 7.72. The molecule has 0 aliphatic carbocycles. The molecule has 0 aliphatic rings. The Morgan fingerprint density at radius 3 is 2.60 bits per heavy atom. The molecule has 2 N–H and O–H groups in total. The lowest BCUT2D eigenvalue weighted by atomic mass is 10.2. The zero-order valence-corrected chi connectivity index (χ0v) is 15.6. The molecule has 1 amide bonds. The summed E-state index contributed by atoms with van der Waals surface area (Å²) in [4.78, 5) is 12.1. The van der Waals surface area contributed by atoms with E-state index in [-0.39, 0.29) is 5.91 Å². The lowest BCUT2D eigenvalue weighted by molar-refractivity contribution is -0.113. The van der Waals surface area contributed by atoms with Gasteiger partial charge in [0.05, 0.1) is 5.75 Å². The average molecular weight is 371 g/mol. The second-order valence-electron chi connectivity index (χ2n) is 5.52. The Kier molecular flexibility index (Phi) is 5.67. The molecule has 0 saturated carbocycles. The molecule has 3 rings (SSSR count). The molecule has 0 radical (unpaired) electrons. The maximum atomic E-state index is 12.1. The molecule has 0 spiro atoms. The van der Waals surface area contributed by atoms with Crippen LogP contribution in [-0.4, -0.2) is 21.9 Å². The van der Waals surface area contributed by atoms with Gasteiger partial charge in [0.15, 0.2) is 4.34 Å². The van der Waals surface area contributed by atoms with Gasteiger partial charge in [0.1, 0.15) is 0 Å². The SMILES string of the molecule is Cc1ccc(Nc2nnc(SCC(=O)Nc3ccccc3C)s2)cc1. The van der Waals surface area contributed by atoms with Crippen molar-refractivity contribution in [3.8, 4) is 0 Å². The van der Waals surface area contributed by atoms with Crippen LogP contribution < -0.4 is 10.6 Å². The molecule has 1 heterocycles. The van der Waals surface area contributed by atoms with E-state index in [4.69, 9.17) is 0 Å². The minimum atomic E-state index is -0.0532. The number of aryl methyl sites for hydroxylation is 2. The summed E-state index contributed by atoms with van der Waals surface area (Å²) < 4.78 is 0.759. The van der Waals surface area contributed by atoms with Crippen molar-refractivity contribution in [3.63, 3.8) is 0 Å². The molecule has 7 heteroatoms. The van der Waals surface area contributed by atoms with Crippen molar-refractivity contribution in [2.24, 2.45) is 0 Å². The van der Waals surface area contributed by atoms with Crippen LogP contribution in [0.5, 0.6) is 0 Å². The van der Waals surface area contributed by atoms with Crippen LogP contribution >= 0.6 is 23.1 Å². The van der Waals surface area contributed by atoms with Crippen LogP contribution in [0, 0.1) is 13.8 Å². The third kappa shape index (κ3) is 5.04. The Morgan fingerprint density at radius 2 is 1.84 bits per heavy atom. The van der Waals surface area contributed by atoms with Gasteiger partial charge in [-0.15, -0.1) is 10.2 Å². The molecule has 0 fully saturated rings. The van der Waals surface area contributed by atoms with Crippen molar-refractivity contribution in [1.82, 2.24) is 10.2 Å². The molecule has 2 aromatic carbocycles. The summed E-state index contributed by atoms with van der Waals surface area (Å²) in [5.74, 6) is 0.246. The number of hydrogen-bond donors (Lipinski definition) is 2. The maximum absolute atomic E-state index is 12.1. The number of para-hydroxylation sites is 1. The van der Waals surface area contributed by atoms with Crippen LogP contribution in [-0.2, 0) is 4.79 Å². The number of nitrogens with zero attached hydrogens (tertiary/aromatic N) is 2. The second kappa shape index (κ2) is 8.13. The lowest BCUT2D eigenvalue weighted by Crippen LogP contribution is -2.14. The third-order valence-electron chi connectivity index (χ3n) is 3.46.